The van der Waals surface area contributed by atoms with E-state index in [-0.39, 0.29) is 5.56 Å². The van der Waals surface area contributed by atoms with E-state index in [9.17, 15) is 18.7 Å². The Kier molecular flexibility index (Phi) is 4.05. The van der Waals surface area contributed by atoms with Crippen LogP contribution in [0.2, 0.25) is 0 Å². The summed E-state index contributed by atoms with van der Waals surface area (Å²) >= 11 is 0. The van der Waals surface area contributed by atoms with Gasteiger partial charge in [0, 0.05) is 11.0 Å². The van der Waals surface area contributed by atoms with Crippen molar-refractivity contribution < 1.29 is 18.7 Å². The smallest absolute Gasteiger partial charge is 0.182 e. The summed E-state index contributed by atoms with van der Waals surface area (Å²) in [6, 6.07) is 4.25. The van der Waals surface area contributed by atoms with Crippen LogP contribution in [-0.2, 0) is 4.79 Å². The largest absolute Gasteiger partial charge is 0.506 e. The second-order valence-electron chi connectivity index (χ2n) is 5.04. The first-order valence-corrected chi connectivity index (χ1v) is 5.52. The number of aliphatic hydroxyl groups excluding tert-OH is 1. The molecule has 0 atom stereocenters. The third kappa shape index (κ3) is 3.16. The van der Waals surface area contributed by atoms with Crippen LogP contribution in [0.5, 0.6) is 0 Å². The molecule has 0 bridgehead atoms. The molecule has 0 radical (unpaired) electrons. The Balaban J connectivity index is 3.37. The first kappa shape index (κ1) is 14.8. The van der Waals surface area contributed by atoms with Crippen LogP contribution in [0.3, 0.4) is 0 Å². The Morgan fingerprint density at radius 2 is 1.84 bits per heavy atom. The van der Waals surface area contributed by atoms with E-state index >= 15 is 0 Å². The second kappa shape index (κ2) is 5.19. The number of halogens is 2. The topological polar surface area (TPSA) is 61.1 Å². The van der Waals surface area contributed by atoms with Gasteiger partial charge in [-0.15, -0.1) is 0 Å². The molecule has 0 saturated carbocycles. The molecule has 0 fully saturated rings. The fourth-order valence-corrected chi connectivity index (χ4v) is 1.37. The van der Waals surface area contributed by atoms with Gasteiger partial charge in [0.1, 0.15) is 17.4 Å². The van der Waals surface area contributed by atoms with Crippen molar-refractivity contribution in [3.05, 3.63) is 41.0 Å². The SMILES string of the molecule is CC(C)(C)C(=O)C(C#N)=C(O)c1ccc(F)c(F)c1. The van der Waals surface area contributed by atoms with Gasteiger partial charge in [-0.3, -0.25) is 4.79 Å². The maximum atomic E-state index is 13.1. The van der Waals surface area contributed by atoms with Crippen LogP contribution >= 0.6 is 0 Å². The molecule has 0 aromatic heterocycles. The van der Waals surface area contributed by atoms with Gasteiger partial charge in [0.25, 0.3) is 0 Å². The molecule has 0 aliphatic carbocycles. The molecule has 100 valence electrons. The van der Waals surface area contributed by atoms with Crippen LogP contribution in [0.15, 0.2) is 23.8 Å². The minimum atomic E-state index is -1.16. The van der Waals surface area contributed by atoms with E-state index in [1.165, 1.54) is 0 Å². The van der Waals surface area contributed by atoms with Gasteiger partial charge in [-0.05, 0) is 18.2 Å². The van der Waals surface area contributed by atoms with Crippen molar-refractivity contribution >= 4 is 11.5 Å². The van der Waals surface area contributed by atoms with Gasteiger partial charge < -0.3 is 5.11 Å². The first-order valence-electron chi connectivity index (χ1n) is 5.52. The summed E-state index contributed by atoms with van der Waals surface area (Å²) in [5.41, 5.74) is -1.45. The molecule has 0 unspecified atom stereocenters. The predicted octanol–water partition coefficient (Wildman–Crippen LogP) is 3.37. The van der Waals surface area contributed by atoms with E-state index in [0.717, 1.165) is 18.2 Å². The molecule has 0 spiro atoms. The van der Waals surface area contributed by atoms with Crippen molar-refractivity contribution in [2.75, 3.05) is 0 Å². The zero-order chi connectivity index (χ0) is 14.8. The Morgan fingerprint density at radius 3 is 2.26 bits per heavy atom. The van der Waals surface area contributed by atoms with E-state index in [4.69, 9.17) is 5.26 Å². The number of nitriles is 1. The highest BCUT2D eigenvalue weighted by atomic mass is 19.2. The number of carbonyl (C=O) groups is 1. The summed E-state index contributed by atoms with van der Waals surface area (Å²) in [5.74, 6) is -3.46. The van der Waals surface area contributed by atoms with Gasteiger partial charge in [0.05, 0.1) is 0 Å². The standard InChI is InChI=1S/C14H13F2NO2/c1-14(2,3)13(19)9(7-17)12(18)8-4-5-10(15)11(16)6-8/h4-6,18H,1-3H3. The fraction of sp³-hybridized carbons (Fsp3) is 0.286. The number of ketones is 1. The Morgan fingerprint density at radius 1 is 1.26 bits per heavy atom. The lowest BCUT2D eigenvalue weighted by atomic mass is 9.85. The highest BCUT2D eigenvalue weighted by Gasteiger charge is 2.28. The number of aliphatic hydroxyl groups is 1. The molecule has 1 aromatic carbocycles. The molecular formula is C14H13F2NO2. The van der Waals surface area contributed by atoms with Gasteiger partial charge >= 0.3 is 0 Å². The minimum absolute atomic E-state index is 0.118. The van der Waals surface area contributed by atoms with E-state index in [1.54, 1.807) is 26.8 Å². The lowest BCUT2D eigenvalue weighted by molar-refractivity contribution is -0.122. The number of nitrogens with zero attached hydrogens (tertiary/aromatic N) is 1. The van der Waals surface area contributed by atoms with Crippen molar-refractivity contribution in [2.24, 2.45) is 5.41 Å². The van der Waals surface area contributed by atoms with Crippen LogP contribution in [0.1, 0.15) is 26.3 Å². The minimum Gasteiger partial charge on any atom is -0.506 e. The molecule has 1 N–H and O–H groups in total. The quantitative estimate of drug-likeness (QED) is 0.506. The van der Waals surface area contributed by atoms with Gasteiger partial charge in [-0.2, -0.15) is 5.26 Å². The molecule has 19 heavy (non-hydrogen) atoms. The average Bonchev–Trinajstić information content (AvgIpc) is 2.32. The van der Waals surface area contributed by atoms with Gasteiger partial charge in [0.15, 0.2) is 17.4 Å². The number of rotatable bonds is 2. The van der Waals surface area contributed by atoms with Crippen molar-refractivity contribution in [1.82, 2.24) is 0 Å². The lowest BCUT2D eigenvalue weighted by Crippen LogP contribution is -2.22. The summed E-state index contributed by atoms with van der Waals surface area (Å²) < 4.78 is 25.9. The molecule has 1 rings (SSSR count). The van der Waals surface area contributed by atoms with Crippen molar-refractivity contribution in [2.45, 2.75) is 20.8 Å². The molecule has 0 amide bonds. The van der Waals surface area contributed by atoms with Crippen molar-refractivity contribution in [1.29, 1.82) is 5.26 Å². The normalized spacial score (nSPS) is 12.6. The predicted molar refractivity (Wildman–Crippen MR) is 66.0 cm³/mol. The van der Waals surface area contributed by atoms with Crippen LogP contribution in [0.25, 0.3) is 5.76 Å². The summed E-state index contributed by atoms with van der Waals surface area (Å²) in [7, 11) is 0. The zero-order valence-electron chi connectivity index (χ0n) is 10.8. The van der Waals surface area contributed by atoms with E-state index in [0.29, 0.717) is 0 Å². The van der Waals surface area contributed by atoms with Crippen molar-refractivity contribution in [3.8, 4) is 6.07 Å². The second-order valence-corrected chi connectivity index (χ2v) is 5.04. The molecule has 0 heterocycles. The summed E-state index contributed by atoms with van der Waals surface area (Å²) in [5, 5.41) is 18.8. The molecule has 0 saturated heterocycles. The molecule has 3 nitrogen and oxygen atoms in total. The average molecular weight is 265 g/mol. The third-order valence-corrected chi connectivity index (χ3v) is 2.45. The van der Waals surface area contributed by atoms with Gasteiger partial charge in [-0.25, -0.2) is 8.78 Å². The molecular weight excluding hydrogens is 252 g/mol. The monoisotopic (exact) mass is 265 g/mol. The van der Waals surface area contributed by atoms with Crippen LogP contribution in [0, 0.1) is 28.4 Å². The summed E-state index contributed by atoms with van der Waals surface area (Å²) in [6.07, 6.45) is 0. The zero-order valence-corrected chi connectivity index (χ0v) is 10.8. The Labute approximate surface area is 109 Å². The number of benzene rings is 1. The summed E-state index contributed by atoms with van der Waals surface area (Å²) in [6.45, 7) is 4.77. The molecule has 1 aromatic rings. The van der Waals surface area contributed by atoms with E-state index < -0.39 is 34.2 Å². The number of hydrogen-bond donors (Lipinski definition) is 1. The van der Waals surface area contributed by atoms with E-state index in [1.807, 2.05) is 0 Å². The van der Waals surface area contributed by atoms with Crippen LogP contribution in [0.4, 0.5) is 8.78 Å². The maximum Gasteiger partial charge on any atom is 0.182 e. The number of hydrogen-bond acceptors (Lipinski definition) is 3. The van der Waals surface area contributed by atoms with Gasteiger partial charge in [0.2, 0.25) is 0 Å². The number of Topliss-reactive ketones (excluding diaryl/α,β-unsaturated/α-hetero) is 1. The van der Waals surface area contributed by atoms with Crippen LogP contribution < -0.4 is 0 Å². The first-order chi connectivity index (χ1) is 8.68. The number of allylic oxidation sites excluding steroid dienone is 1. The van der Waals surface area contributed by atoms with Gasteiger partial charge in [-0.1, -0.05) is 20.8 Å². The highest BCUT2D eigenvalue weighted by molar-refractivity contribution is 6.07. The summed E-state index contributed by atoms with van der Waals surface area (Å²) in [4.78, 5) is 12.0. The molecule has 0 aliphatic rings. The Bertz CT molecular complexity index is 592. The fourth-order valence-electron chi connectivity index (χ4n) is 1.37. The van der Waals surface area contributed by atoms with Crippen molar-refractivity contribution in [3.63, 3.8) is 0 Å². The molecule has 5 heteroatoms. The van der Waals surface area contributed by atoms with Crippen LogP contribution in [-0.4, -0.2) is 10.9 Å². The highest BCUT2D eigenvalue weighted by Crippen LogP contribution is 2.25. The number of carbonyl (C=O) groups excluding carboxylic acids is 1. The van der Waals surface area contributed by atoms with E-state index in [2.05, 4.69) is 0 Å². The Hall–Kier alpha value is -2.22. The lowest BCUT2D eigenvalue weighted by Gasteiger charge is -2.16. The molecule has 0 aliphatic heterocycles. The maximum absolute atomic E-state index is 13.1. The third-order valence-electron chi connectivity index (χ3n) is 2.45.